The minimum Gasteiger partial charge on any atom is -0.481 e. The summed E-state index contributed by atoms with van der Waals surface area (Å²) in [5, 5.41) is 11.1. The molecule has 2 fully saturated rings. The largest absolute Gasteiger partial charge is 0.481 e. The van der Waals surface area contributed by atoms with Gasteiger partial charge in [0.15, 0.2) is 0 Å². The molecule has 0 bridgehead atoms. The van der Waals surface area contributed by atoms with E-state index in [0.717, 1.165) is 44.6 Å². The lowest BCUT2D eigenvalue weighted by molar-refractivity contribution is -0.137. The molecule has 0 saturated carbocycles. The summed E-state index contributed by atoms with van der Waals surface area (Å²) in [5.74, 6) is 0.934. The predicted molar refractivity (Wildman–Crippen MR) is 74.8 cm³/mol. The van der Waals surface area contributed by atoms with Crippen LogP contribution in [-0.2, 0) is 4.79 Å². The van der Waals surface area contributed by atoms with E-state index in [-0.39, 0.29) is 6.42 Å². The lowest BCUT2D eigenvalue weighted by Gasteiger charge is -2.40. The third-order valence-electron chi connectivity index (χ3n) is 4.71. The zero-order chi connectivity index (χ0) is 13.7. The summed E-state index contributed by atoms with van der Waals surface area (Å²) in [6, 6.07) is 0. The Kier molecular flexibility index (Phi) is 5.60. The van der Waals surface area contributed by atoms with Crippen LogP contribution >= 0.6 is 0 Å². The highest BCUT2D eigenvalue weighted by Gasteiger charge is 2.29. The van der Waals surface area contributed by atoms with Crippen molar-refractivity contribution in [3.8, 4) is 0 Å². The number of piperidine rings is 2. The fraction of sp³-hybridized carbons (Fsp3) is 0.929. The molecule has 2 aliphatic rings. The maximum atomic E-state index is 10.7. The van der Waals surface area contributed by atoms with Crippen LogP contribution in [-0.4, -0.2) is 60.8 Å². The highest BCUT2D eigenvalue weighted by Crippen LogP contribution is 2.31. The van der Waals surface area contributed by atoms with Crippen LogP contribution in [0.1, 0.15) is 32.1 Å². The highest BCUT2D eigenvalue weighted by atomic mass is 16.4. The van der Waals surface area contributed by atoms with Gasteiger partial charge in [0.05, 0.1) is 6.42 Å². The molecule has 0 aromatic heterocycles. The van der Waals surface area contributed by atoms with E-state index in [1.165, 1.54) is 25.7 Å². The summed E-state index contributed by atoms with van der Waals surface area (Å²) in [7, 11) is 1.99. The first kappa shape index (κ1) is 14.8. The van der Waals surface area contributed by atoms with E-state index in [1.807, 2.05) is 7.05 Å². The van der Waals surface area contributed by atoms with E-state index >= 15 is 0 Å². The number of carboxylic acids is 1. The van der Waals surface area contributed by atoms with Gasteiger partial charge in [0.2, 0.25) is 0 Å². The first-order valence-corrected chi connectivity index (χ1v) is 7.55. The number of hydrogen-bond donors (Lipinski definition) is 2. The van der Waals surface area contributed by atoms with Gasteiger partial charge in [-0.2, -0.15) is 0 Å². The molecule has 0 aliphatic carbocycles. The Morgan fingerprint density at radius 1 is 1.21 bits per heavy atom. The second-order valence-electron chi connectivity index (χ2n) is 5.89. The van der Waals surface area contributed by atoms with E-state index in [1.54, 1.807) is 0 Å². The van der Waals surface area contributed by atoms with Crippen LogP contribution in [0.3, 0.4) is 0 Å². The summed E-state index contributed by atoms with van der Waals surface area (Å²) in [6.07, 6.45) is 5.39. The monoisotopic (exact) mass is 269 g/mol. The molecule has 110 valence electrons. The fourth-order valence-corrected chi connectivity index (χ4v) is 3.53. The van der Waals surface area contributed by atoms with Gasteiger partial charge in [-0.05, 0) is 51.1 Å². The van der Waals surface area contributed by atoms with Gasteiger partial charge in [-0.15, -0.1) is 0 Å². The molecule has 0 radical (unpaired) electrons. The van der Waals surface area contributed by atoms with Crippen molar-refractivity contribution >= 4 is 5.97 Å². The van der Waals surface area contributed by atoms with Crippen molar-refractivity contribution < 1.29 is 9.90 Å². The molecule has 2 N–H and O–H groups in total. The molecule has 2 heterocycles. The molecule has 5 nitrogen and oxygen atoms in total. The van der Waals surface area contributed by atoms with Gasteiger partial charge >= 0.3 is 5.97 Å². The van der Waals surface area contributed by atoms with E-state index in [4.69, 9.17) is 5.11 Å². The topological polar surface area (TPSA) is 55.8 Å². The third kappa shape index (κ3) is 4.44. The molecular formula is C14H27N3O2. The molecule has 19 heavy (non-hydrogen) atoms. The summed E-state index contributed by atoms with van der Waals surface area (Å²) in [4.78, 5) is 13.0. The van der Waals surface area contributed by atoms with Crippen LogP contribution in [0.4, 0.5) is 0 Å². The molecule has 2 aliphatic heterocycles. The standard InChI is InChI=1S/C14H27N3O2/c1-15-17-9-4-12(5-10-17)13-3-2-7-16(11-13)8-6-14(18)19/h12-13,15H,2-11H2,1H3,(H,18,19). The van der Waals surface area contributed by atoms with E-state index in [0.29, 0.717) is 0 Å². The number of hydrogen-bond acceptors (Lipinski definition) is 4. The highest BCUT2D eigenvalue weighted by molar-refractivity contribution is 5.66. The van der Waals surface area contributed by atoms with Crippen molar-refractivity contribution in [1.29, 1.82) is 0 Å². The average molecular weight is 269 g/mol. The van der Waals surface area contributed by atoms with Gasteiger partial charge < -0.3 is 10.0 Å². The first-order valence-electron chi connectivity index (χ1n) is 7.55. The van der Waals surface area contributed by atoms with E-state index < -0.39 is 5.97 Å². The first-order chi connectivity index (χ1) is 9.19. The molecule has 0 spiro atoms. The van der Waals surface area contributed by atoms with Crippen molar-refractivity contribution in [3.63, 3.8) is 0 Å². The van der Waals surface area contributed by atoms with Crippen LogP contribution in [0.15, 0.2) is 0 Å². The molecule has 2 rings (SSSR count). The summed E-state index contributed by atoms with van der Waals surface area (Å²) in [6.45, 7) is 5.21. The number of aliphatic carboxylic acids is 1. The van der Waals surface area contributed by atoms with Crippen LogP contribution in [0, 0.1) is 11.8 Å². The molecular weight excluding hydrogens is 242 g/mol. The quantitative estimate of drug-likeness (QED) is 0.780. The van der Waals surface area contributed by atoms with Gasteiger partial charge in [-0.3, -0.25) is 10.2 Å². The van der Waals surface area contributed by atoms with Gasteiger partial charge in [-0.1, -0.05) is 0 Å². The second kappa shape index (κ2) is 7.22. The zero-order valence-electron chi connectivity index (χ0n) is 12.0. The smallest absolute Gasteiger partial charge is 0.304 e. The second-order valence-corrected chi connectivity index (χ2v) is 5.89. The van der Waals surface area contributed by atoms with Crippen LogP contribution in [0.25, 0.3) is 0 Å². The molecule has 0 aromatic rings. The maximum absolute atomic E-state index is 10.7. The Hall–Kier alpha value is -0.650. The van der Waals surface area contributed by atoms with Crippen molar-refractivity contribution in [1.82, 2.24) is 15.3 Å². The number of likely N-dealkylation sites (tertiary alicyclic amines) is 1. The molecule has 5 heteroatoms. The number of rotatable bonds is 5. The van der Waals surface area contributed by atoms with Gasteiger partial charge in [0.25, 0.3) is 0 Å². The molecule has 1 atom stereocenters. The SMILES string of the molecule is CNN1CCC(C2CCCN(CCC(=O)O)C2)CC1. The van der Waals surface area contributed by atoms with E-state index in [2.05, 4.69) is 15.3 Å². The van der Waals surface area contributed by atoms with Crippen molar-refractivity contribution in [2.75, 3.05) is 39.8 Å². The Morgan fingerprint density at radius 3 is 2.58 bits per heavy atom. The summed E-state index contributed by atoms with van der Waals surface area (Å²) < 4.78 is 0. The van der Waals surface area contributed by atoms with Crippen LogP contribution in [0.2, 0.25) is 0 Å². The minimum atomic E-state index is -0.676. The van der Waals surface area contributed by atoms with Crippen molar-refractivity contribution in [3.05, 3.63) is 0 Å². The molecule has 2 saturated heterocycles. The Balaban J connectivity index is 1.76. The van der Waals surface area contributed by atoms with Gasteiger partial charge in [0, 0.05) is 26.2 Å². The third-order valence-corrected chi connectivity index (χ3v) is 4.71. The Bertz CT molecular complexity index is 290. The summed E-state index contributed by atoms with van der Waals surface area (Å²) in [5.41, 5.74) is 3.23. The number of carbonyl (C=O) groups is 1. The molecule has 0 aromatic carbocycles. The van der Waals surface area contributed by atoms with Crippen LogP contribution in [0.5, 0.6) is 0 Å². The Morgan fingerprint density at radius 2 is 1.95 bits per heavy atom. The van der Waals surface area contributed by atoms with Gasteiger partial charge in [-0.25, -0.2) is 5.01 Å². The fourth-order valence-electron chi connectivity index (χ4n) is 3.53. The van der Waals surface area contributed by atoms with Crippen LogP contribution < -0.4 is 5.43 Å². The van der Waals surface area contributed by atoms with E-state index in [9.17, 15) is 4.79 Å². The number of nitrogens with zero attached hydrogens (tertiary/aromatic N) is 2. The van der Waals surface area contributed by atoms with Crippen molar-refractivity contribution in [2.45, 2.75) is 32.1 Å². The average Bonchev–Trinajstić information content (AvgIpc) is 2.45. The number of nitrogens with one attached hydrogen (secondary N) is 1. The normalized spacial score (nSPS) is 27.5. The maximum Gasteiger partial charge on any atom is 0.304 e. The Labute approximate surface area is 115 Å². The molecule has 1 unspecified atom stereocenters. The van der Waals surface area contributed by atoms with Crippen molar-refractivity contribution in [2.24, 2.45) is 11.8 Å². The lowest BCUT2D eigenvalue weighted by atomic mass is 9.80. The lowest BCUT2D eigenvalue weighted by Crippen LogP contribution is -2.46. The molecule has 0 amide bonds. The minimum absolute atomic E-state index is 0.283. The predicted octanol–water partition coefficient (Wildman–Crippen LogP) is 1.02. The zero-order valence-corrected chi connectivity index (χ0v) is 12.0. The number of hydrazine groups is 1. The summed E-state index contributed by atoms with van der Waals surface area (Å²) >= 11 is 0. The van der Waals surface area contributed by atoms with Gasteiger partial charge in [0.1, 0.15) is 0 Å². The number of carboxylic acid groups (broad SMARTS) is 1.